The molecule has 20 heavy (non-hydrogen) atoms. The lowest BCUT2D eigenvalue weighted by molar-refractivity contribution is 0.103. The van der Waals surface area contributed by atoms with Gasteiger partial charge >= 0.3 is 0 Å². The van der Waals surface area contributed by atoms with Crippen LogP contribution in [0, 0.1) is 5.82 Å². The number of fused-ring (bicyclic) bond motifs is 1. The Balaban J connectivity index is 2.20. The van der Waals surface area contributed by atoms with Gasteiger partial charge in [0.2, 0.25) is 0 Å². The van der Waals surface area contributed by atoms with Crippen molar-refractivity contribution in [3.05, 3.63) is 76.1 Å². The van der Waals surface area contributed by atoms with Crippen molar-refractivity contribution in [3.8, 4) is 0 Å². The van der Waals surface area contributed by atoms with Crippen molar-refractivity contribution in [1.29, 1.82) is 0 Å². The molecule has 1 heterocycles. The molecule has 0 saturated carbocycles. The van der Waals surface area contributed by atoms with Gasteiger partial charge in [0.15, 0.2) is 5.78 Å². The normalized spacial score (nSPS) is 10.7. The fraction of sp³-hybridized carbons (Fsp3) is 0. The van der Waals surface area contributed by atoms with E-state index in [2.05, 4.69) is 20.9 Å². The maximum atomic E-state index is 13.8. The molecule has 0 unspecified atom stereocenters. The highest BCUT2D eigenvalue weighted by Crippen LogP contribution is 2.23. The van der Waals surface area contributed by atoms with Crippen molar-refractivity contribution >= 4 is 32.6 Å². The minimum absolute atomic E-state index is 0.0394. The number of aromatic nitrogens is 1. The Morgan fingerprint density at radius 3 is 2.70 bits per heavy atom. The molecular formula is C16H9BrFNO. The molecule has 3 rings (SSSR count). The van der Waals surface area contributed by atoms with Gasteiger partial charge in [-0.3, -0.25) is 9.78 Å². The molecule has 0 aliphatic heterocycles. The Bertz CT molecular complexity index is 811. The van der Waals surface area contributed by atoms with E-state index in [0.29, 0.717) is 15.6 Å². The van der Waals surface area contributed by atoms with Crippen LogP contribution >= 0.6 is 15.9 Å². The number of rotatable bonds is 2. The summed E-state index contributed by atoms with van der Waals surface area (Å²) in [7, 11) is 0. The molecular weight excluding hydrogens is 321 g/mol. The standard InChI is InChI=1S/C16H9BrFNO/c17-11-6-7-14(18)13(9-11)16(20)12-5-1-3-10-4-2-8-19-15(10)12/h1-9H. The van der Waals surface area contributed by atoms with Gasteiger partial charge in [-0.25, -0.2) is 4.39 Å². The lowest BCUT2D eigenvalue weighted by Gasteiger charge is -2.06. The third-order valence-electron chi connectivity index (χ3n) is 3.05. The molecule has 0 saturated heterocycles. The van der Waals surface area contributed by atoms with Crippen LogP contribution in [0.4, 0.5) is 4.39 Å². The molecule has 1 aromatic heterocycles. The topological polar surface area (TPSA) is 30.0 Å². The fourth-order valence-corrected chi connectivity index (χ4v) is 2.47. The summed E-state index contributed by atoms with van der Waals surface area (Å²) in [6, 6.07) is 13.3. The Kier molecular flexibility index (Phi) is 3.32. The maximum Gasteiger partial charge on any atom is 0.198 e. The number of carbonyl (C=O) groups is 1. The van der Waals surface area contributed by atoms with E-state index >= 15 is 0 Å². The van der Waals surface area contributed by atoms with Crippen LogP contribution in [0.15, 0.2) is 59.2 Å². The number of hydrogen-bond acceptors (Lipinski definition) is 2. The van der Waals surface area contributed by atoms with E-state index in [0.717, 1.165) is 5.39 Å². The zero-order valence-corrected chi connectivity index (χ0v) is 11.9. The second-order valence-electron chi connectivity index (χ2n) is 4.33. The van der Waals surface area contributed by atoms with Crippen LogP contribution in [0.1, 0.15) is 15.9 Å². The van der Waals surface area contributed by atoms with Gasteiger partial charge in [-0.1, -0.05) is 34.1 Å². The Labute approximate surface area is 123 Å². The lowest BCUT2D eigenvalue weighted by Crippen LogP contribution is -2.05. The number of benzene rings is 2. The summed E-state index contributed by atoms with van der Waals surface area (Å²) in [4.78, 5) is 16.8. The van der Waals surface area contributed by atoms with Gasteiger partial charge in [-0.05, 0) is 30.3 Å². The maximum absolute atomic E-state index is 13.8. The van der Waals surface area contributed by atoms with Gasteiger partial charge in [0.25, 0.3) is 0 Å². The van der Waals surface area contributed by atoms with Crippen LogP contribution < -0.4 is 0 Å². The van der Waals surface area contributed by atoms with E-state index in [1.807, 2.05) is 12.1 Å². The second-order valence-corrected chi connectivity index (χ2v) is 5.25. The van der Waals surface area contributed by atoms with Crippen molar-refractivity contribution in [1.82, 2.24) is 4.98 Å². The van der Waals surface area contributed by atoms with E-state index in [1.54, 1.807) is 30.5 Å². The first-order valence-electron chi connectivity index (χ1n) is 6.00. The first-order valence-corrected chi connectivity index (χ1v) is 6.79. The molecule has 0 fully saturated rings. The van der Waals surface area contributed by atoms with E-state index in [1.165, 1.54) is 12.1 Å². The molecule has 4 heteroatoms. The van der Waals surface area contributed by atoms with Crippen molar-refractivity contribution in [2.24, 2.45) is 0 Å². The number of carbonyl (C=O) groups excluding carboxylic acids is 1. The van der Waals surface area contributed by atoms with Crippen LogP contribution in [-0.2, 0) is 0 Å². The molecule has 2 nitrogen and oxygen atoms in total. The highest BCUT2D eigenvalue weighted by atomic mass is 79.9. The number of hydrogen-bond donors (Lipinski definition) is 0. The summed E-state index contributed by atoms with van der Waals surface area (Å²) in [5.74, 6) is -0.903. The number of pyridine rings is 1. The summed E-state index contributed by atoms with van der Waals surface area (Å²) < 4.78 is 14.5. The van der Waals surface area contributed by atoms with Crippen LogP contribution in [0.5, 0.6) is 0 Å². The molecule has 0 N–H and O–H groups in total. The molecule has 0 radical (unpaired) electrons. The van der Waals surface area contributed by atoms with Crippen molar-refractivity contribution in [2.75, 3.05) is 0 Å². The Hall–Kier alpha value is -2.07. The Morgan fingerprint density at radius 1 is 1.05 bits per heavy atom. The van der Waals surface area contributed by atoms with Gasteiger partial charge in [-0.2, -0.15) is 0 Å². The van der Waals surface area contributed by atoms with Crippen molar-refractivity contribution in [3.63, 3.8) is 0 Å². The molecule has 0 spiro atoms. The number of para-hydroxylation sites is 1. The zero-order valence-electron chi connectivity index (χ0n) is 10.3. The van der Waals surface area contributed by atoms with Crippen molar-refractivity contribution < 1.29 is 9.18 Å². The molecule has 0 aliphatic rings. The minimum atomic E-state index is -0.536. The SMILES string of the molecule is O=C(c1cc(Br)ccc1F)c1cccc2cccnc12. The summed E-state index contributed by atoms with van der Waals surface area (Å²) in [6.07, 6.45) is 1.62. The largest absolute Gasteiger partial charge is 0.288 e. The van der Waals surface area contributed by atoms with E-state index in [9.17, 15) is 9.18 Å². The van der Waals surface area contributed by atoms with Gasteiger partial charge in [0, 0.05) is 21.6 Å². The highest BCUT2D eigenvalue weighted by molar-refractivity contribution is 9.10. The molecule has 2 aromatic carbocycles. The monoisotopic (exact) mass is 329 g/mol. The number of halogens is 2. The minimum Gasteiger partial charge on any atom is -0.288 e. The van der Waals surface area contributed by atoms with Crippen LogP contribution in [-0.4, -0.2) is 10.8 Å². The summed E-state index contributed by atoms with van der Waals surface area (Å²) >= 11 is 3.25. The predicted molar refractivity (Wildman–Crippen MR) is 79.3 cm³/mol. The highest BCUT2D eigenvalue weighted by Gasteiger charge is 2.17. The fourth-order valence-electron chi connectivity index (χ4n) is 2.10. The van der Waals surface area contributed by atoms with Crippen LogP contribution in [0.3, 0.4) is 0 Å². The smallest absolute Gasteiger partial charge is 0.198 e. The lowest BCUT2D eigenvalue weighted by atomic mass is 10.00. The predicted octanol–water partition coefficient (Wildman–Crippen LogP) is 4.37. The molecule has 0 aliphatic carbocycles. The first-order chi connectivity index (χ1) is 9.66. The van der Waals surface area contributed by atoms with E-state index in [-0.39, 0.29) is 11.3 Å². The summed E-state index contributed by atoms with van der Waals surface area (Å²) in [6.45, 7) is 0. The molecule has 0 bridgehead atoms. The average Bonchev–Trinajstić information content (AvgIpc) is 2.48. The van der Waals surface area contributed by atoms with Crippen LogP contribution in [0.2, 0.25) is 0 Å². The van der Waals surface area contributed by atoms with Crippen molar-refractivity contribution in [2.45, 2.75) is 0 Å². The number of nitrogens with zero attached hydrogens (tertiary/aromatic N) is 1. The average molecular weight is 330 g/mol. The quantitative estimate of drug-likeness (QED) is 0.653. The zero-order chi connectivity index (χ0) is 14.1. The molecule has 0 amide bonds. The van der Waals surface area contributed by atoms with Gasteiger partial charge in [0.1, 0.15) is 5.82 Å². The van der Waals surface area contributed by atoms with Gasteiger partial charge < -0.3 is 0 Å². The van der Waals surface area contributed by atoms with Gasteiger partial charge in [-0.15, -0.1) is 0 Å². The summed E-state index contributed by atoms with van der Waals surface area (Å²) in [5, 5.41) is 0.855. The summed E-state index contributed by atoms with van der Waals surface area (Å²) in [5.41, 5.74) is 1.03. The third kappa shape index (κ3) is 2.23. The molecule has 98 valence electrons. The third-order valence-corrected chi connectivity index (χ3v) is 3.54. The van der Waals surface area contributed by atoms with E-state index < -0.39 is 5.82 Å². The number of ketones is 1. The second kappa shape index (κ2) is 5.13. The van der Waals surface area contributed by atoms with Crippen LogP contribution in [0.25, 0.3) is 10.9 Å². The molecule has 0 atom stereocenters. The first kappa shape index (κ1) is 12.9. The van der Waals surface area contributed by atoms with Gasteiger partial charge in [0.05, 0.1) is 11.1 Å². The Morgan fingerprint density at radius 2 is 1.85 bits per heavy atom. The molecule has 3 aromatic rings. The van der Waals surface area contributed by atoms with E-state index in [4.69, 9.17) is 0 Å².